The molecule has 0 aliphatic rings. The van der Waals surface area contributed by atoms with E-state index < -0.39 is 9.84 Å². The Morgan fingerprint density at radius 3 is 2.57 bits per heavy atom. The summed E-state index contributed by atoms with van der Waals surface area (Å²) >= 11 is 1.28. The number of fused-ring (bicyclic) bond motifs is 1. The molecule has 0 saturated heterocycles. The third kappa shape index (κ3) is 2.62. The standard InChI is InChI=1S/C15H16N4O2S2/c1-10-8-11(9-16)19-14(17-10)13(15(18-19)22-2)23(20,21)12-6-4-3-5-7-12/h3-8H,9,16H2,1-2H3. The summed E-state index contributed by atoms with van der Waals surface area (Å²) in [6.07, 6.45) is 1.79. The Hall–Kier alpha value is -1.90. The summed E-state index contributed by atoms with van der Waals surface area (Å²) in [4.78, 5) is 4.76. The van der Waals surface area contributed by atoms with Crippen LogP contribution >= 0.6 is 11.8 Å². The molecule has 0 bridgehead atoms. The molecule has 0 saturated carbocycles. The molecule has 23 heavy (non-hydrogen) atoms. The number of sulfone groups is 1. The highest BCUT2D eigenvalue weighted by Gasteiger charge is 2.29. The van der Waals surface area contributed by atoms with E-state index in [9.17, 15) is 8.42 Å². The van der Waals surface area contributed by atoms with E-state index in [4.69, 9.17) is 5.73 Å². The second kappa shape index (κ2) is 5.95. The molecule has 0 aliphatic carbocycles. The van der Waals surface area contributed by atoms with Gasteiger partial charge in [0.15, 0.2) is 10.5 Å². The zero-order chi connectivity index (χ0) is 16.6. The van der Waals surface area contributed by atoms with Gasteiger partial charge in [-0.25, -0.2) is 17.9 Å². The smallest absolute Gasteiger partial charge is 0.213 e. The molecule has 3 rings (SSSR count). The van der Waals surface area contributed by atoms with Crippen molar-refractivity contribution in [2.75, 3.05) is 6.26 Å². The zero-order valence-corrected chi connectivity index (χ0v) is 14.4. The zero-order valence-electron chi connectivity index (χ0n) is 12.7. The van der Waals surface area contributed by atoms with Crippen molar-refractivity contribution in [1.29, 1.82) is 0 Å². The normalized spacial score (nSPS) is 12.0. The van der Waals surface area contributed by atoms with Crippen LogP contribution in [0.3, 0.4) is 0 Å². The monoisotopic (exact) mass is 348 g/mol. The molecule has 0 fully saturated rings. The van der Waals surface area contributed by atoms with Gasteiger partial charge in [-0.3, -0.25) is 0 Å². The summed E-state index contributed by atoms with van der Waals surface area (Å²) in [7, 11) is -3.71. The van der Waals surface area contributed by atoms with E-state index in [1.54, 1.807) is 36.6 Å². The molecule has 0 aliphatic heterocycles. The molecule has 2 heterocycles. The van der Waals surface area contributed by atoms with Crippen molar-refractivity contribution in [1.82, 2.24) is 14.6 Å². The van der Waals surface area contributed by atoms with Crippen molar-refractivity contribution in [3.63, 3.8) is 0 Å². The lowest BCUT2D eigenvalue weighted by molar-refractivity contribution is 0.594. The summed E-state index contributed by atoms with van der Waals surface area (Å²) in [5.41, 5.74) is 7.50. The lowest BCUT2D eigenvalue weighted by Gasteiger charge is -2.06. The van der Waals surface area contributed by atoms with Gasteiger partial charge >= 0.3 is 0 Å². The molecule has 2 N–H and O–H groups in total. The van der Waals surface area contributed by atoms with Crippen LogP contribution in [0.15, 0.2) is 51.2 Å². The molecule has 0 amide bonds. The molecule has 2 aromatic heterocycles. The Labute approximate surface area is 138 Å². The van der Waals surface area contributed by atoms with Gasteiger partial charge in [0.25, 0.3) is 0 Å². The van der Waals surface area contributed by atoms with Gasteiger partial charge in [-0.1, -0.05) is 18.2 Å². The van der Waals surface area contributed by atoms with Crippen LogP contribution in [0.4, 0.5) is 0 Å². The first-order chi connectivity index (χ1) is 11.0. The van der Waals surface area contributed by atoms with Crippen LogP contribution in [-0.4, -0.2) is 29.3 Å². The summed E-state index contributed by atoms with van der Waals surface area (Å²) in [6, 6.07) is 10.1. The highest BCUT2D eigenvalue weighted by molar-refractivity contribution is 7.99. The summed E-state index contributed by atoms with van der Waals surface area (Å²) in [5.74, 6) is 0. The van der Waals surface area contributed by atoms with Crippen molar-refractivity contribution in [2.24, 2.45) is 5.73 Å². The van der Waals surface area contributed by atoms with Crippen LogP contribution < -0.4 is 5.73 Å². The van der Waals surface area contributed by atoms with Crippen LogP contribution in [0.5, 0.6) is 0 Å². The third-order valence-electron chi connectivity index (χ3n) is 3.44. The van der Waals surface area contributed by atoms with E-state index in [0.717, 1.165) is 5.69 Å². The van der Waals surface area contributed by atoms with Crippen LogP contribution in [-0.2, 0) is 16.4 Å². The number of nitrogens with zero attached hydrogens (tertiary/aromatic N) is 3. The second-order valence-electron chi connectivity index (χ2n) is 4.98. The Balaban J connectivity index is 2.39. The molecular formula is C15H16N4O2S2. The maximum atomic E-state index is 13.1. The highest BCUT2D eigenvalue weighted by Crippen LogP contribution is 2.32. The van der Waals surface area contributed by atoms with E-state index >= 15 is 0 Å². The molecule has 0 spiro atoms. The van der Waals surface area contributed by atoms with Gasteiger partial charge in [0.05, 0.1) is 10.6 Å². The van der Waals surface area contributed by atoms with E-state index in [2.05, 4.69) is 10.1 Å². The van der Waals surface area contributed by atoms with Gasteiger partial charge in [0.2, 0.25) is 9.84 Å². The first kappa shape index (κ1) is 16.0. The van der Waals surface area contributed by atoms with Gasteiger partial charge in [0.1, 0.15) is 5.03 Å². The van der Waals surface area contributed by atoms with Crippen molar-refractivity contribution >= 4 is 27.2 Å². The third-order valence-corrected chi connectivity index (χ3v) is 6.05. The first-order valence-corrected chi connectivity index (χ1v) is 9.63. The fourth-order valence-corrected chi connectivity index (χ4v) is 4.82. The summed E-state index contributed by atoms with van der Waals surface area (Å²) < 4.78 is 27.6. The minimum Gasteiger partial charge on any atom is -0.325 e. The van der Waals surface area contributed by atoms with Crippen LogP contribution in [0.2, 0.25) is 0 Å². The van der Waals surface area contributed by atoms with Crippen molar-refractivity contribution in [3.05, 3.63) is 47.8 Å². The van der Waals surface area contributed by atoms with Gasteiger partial charge in [-0.15, -0.1) is 11.8 Å². The highest BCUT2D eigenvalue weighted by atomic mass is 32.2. The van der Waals surface area contributed by atoms with Gasteiger partial charge in [-0.2, -0.15) is 5.10 Å². The number of hydrogen-bond donors (Lipinski definition) is 1. The SMILES string of the molecule is CSc1nn2c(CN)cc(C)nc2c1S(=O)(=O)c1ccccc1. The van der Waals surface area contributed by atoms with E-state index in [0.29, 0.717) is 16.4 Å². The van der Waals surface area contributed by atoms with Crippen LogP contribution in [0, 0.1) is 6.92 Å². The van der Waals surface area contributed by atoms with E-state index in [1.807, 2.05) is 13.0 Å². The van der Waals surface area contributed by atoms with Gasteiger partial charge in [-0.05, 0) is 31.4 Å². The number of hydrogen-bond acceptors (Lipinski definition) is 6. The average Bonchev–Trinajstić information content (AvgIpc) is 2.93. The van der Waals surface area contributed by atoms with Crippen molar-refractivity contribution in [2.45, 2.75) is 28.3 Å². The van der Waals surface area contributed by atoms with E-state index in [-0.39, 0.29) is 16.3 Å². The quantitative estimate of drug-likeness (QED) is 0.726. The van der Waals surface area contributed by atoms with Gasteiger partial charge in [0, 0.05) is 12.2 Å². The van der Waals surface area contributed by atoms with Gasteiger partial charge < -0.3 is 5.73 Å². The Morgan fingerprint density at radius 2 is 1.96 bits per heavy atom. The number of aryl methyl sites for hydroxylation is 1. The minimum absolute atomic E-state index is 0.134. The fraction of sp³-hybridized carbons (Fsp3) is 0.200. The molecule has 6 nitrogen and oxygen atoms in total. The lowest BCUT2D eigenvalue weighted by Crippen LogP contribution is -2.08. The number of aromatic nitrogens is 3. The molecule has 8 heteroatoms. The Kier molecular flexibility index (Phi) is 4.13. The molecule has 3 aromatic rings. The van der Waals surface area contributed by atoms with Crippen LogP contribution in [0.25, 0.3) is 5.65 Å². The van der Waals surface area contributed by atoms with Crippen molar-refractivity contribution in [3.8, 4) is 0 Å². The lowest BCUT2D eigenvalue weighted by atomic mass is 10.3. The Morgan fingerprint density at radius 1 is 1.26 bits per heavy atom. The number of rotatable bonds is 4. The van der Waals surface area contributed by atoms with Crippen LogP contribution in [0.1, 0.15) is 11.4 Å². The number of thioether (sulfide) groups is 1. The Bertz CT molecular complexity index is 966. The summed E-state index contributed by atoms with van der Waals surface area (Å²) in [6.45, 7) is 2.06. The topological polar surface area (TPSA) is 90.3 Å². The molecular weight excluding hydrogens is 332 g/mol. The molecule has 0 radical (unpaired) electrons. The summed E-state index contributed by atoms with van der Waals surface area (Å²) in [5, 5.41) is 4.81. The molecule has 1 aromatic carbocycles. The first-order valence-electron chi connectivity index (χ1n) is 6.92. The maximum Gasteiger partial charge on any atom is 0.213 e. The molecule has 0 unspecified atom stereocenters. The largest absolute Gasteiger partial charge is 0.325 e. The predicted octanol–water partition coefficient (Wildman–Crippen LogP) is 2.05. The number of benzene rings is 1. The second-order valence-corrected chi connectivity index (χ2v) is 7.66. The maximum absolute atomic E-state index is 13.1. The van der Waals surface area contributed by atoms with Crippen molar-refractivity contribution < 1.29 is 8.42 Å². The minimum atomic E-state index is -3.71. The fourth-order valence-electron chi connectivity index (χ4n) is 2.41. The number of nitrogens with two attached hydrogens (primary N) is 1. The predicted molar refractivity (Wildman–Crippen MR) is 89.3 cm³/mol. The van der Waals surface area contributed by atoms with E-state index in [1.165, 1.54) is 16.3 Å². The molecule has 0 atom stereocenters. The molecule has 120 valence electrons. The average molecular weight is 348 g/mol.